The molecular formula is C26H21ClN2O4. The molecule has 0 bridgehead atoms. The van der Waals surface area contributed by atoms with E-state index in [1.807, 2.05) is 32.0 Å². The Morgan fingerprint density at radius 3 is 2.52 bits per heavy atom. The van der Waals surface area contributed by atoms with E-state index >= 15 is 0 Å². The van der Waals surface area contributed by atoms with Crippen LogP contribution in [0.15, 0.2) is 66.2 Å². The van der Waals surface area contributed by atoms with Crippen LogP contribution >= 0.6 is 11.6 Å². The van der Waals surface area contributed by atoms with Gasteiger partial charge in [0.05, 0.1) is 5.56 Å². The van der Waals surface area contributed by atoms with Crippen molar-refractivity contribution in [3.05, 3.63) is 99.1 Å². The topological polar surface area (TPSA) is 99.4 Å². The first-order valence-electron chi connectivity index (χ1n) is 10.0. The minimum Gasteiger partial charge on any atom is -0.488 e. The van der Waals surface area contributed by atoms with Crippen LogP contribution in [0.25, 0.3) is 6.08 Å². The Morgan fingerprint density at radius 1 is 1.12 bits per heavy atom. The first kappa shape index (κ1) is 23.6. The third kappa shape index (κ3) is 6.00. The van der Waals surface area contributed by atoms with Crippen molar-refractivity contribution in [2.75, 3.05) is 5.32 Å². The monoisotopic (exact) mass is 460 g/mol. The number of benzene rings is 3. The highest BCUT2D eigenvalue weighted by atomic mass is 35.5. The Balaban J connectivity index is 1.82. The smallest absolute Gasteiger partial charge is 0.335 e. The van der Waals surface area contributed by atoms with Crippen molar-refractivity contribution in [1.82, 2.24) is 0 Å². The fraction of sp³-hybridized carbons (Fsp3) is 0.115. The highest BCUT2D eigenvalue weighted by molar-refractivity contribution is 6.30. The Labute approximate surface area is 196 Å². The van der Waals surface area contributed by atoms with E-state index in [1.54, 1.807) is 36.4 Å². The summed E-state index contributed by atoms with van der Waals surface area (Å²) in [5.41, 5.74) is 3.89. The Kier molecular flexibility index (Phi) is 7.50. The highest BCUT2D eigenvalue weighted by Crippen LogP contribution is 2.27. The maximum absolute atomic E-state index is 12.8. The number of hydrogen-bond acceptors (Lipinski definition) is 4. The SMILES string of the molecule is Cc1cccc(NC(=O)/C(C#N)=C/c2cc(Cl)ccc2OCc2ccc(C(=O)O)cc2)c1C. The summed E-state index contributed by atoms with van der Waals surface area (Å²) in [6.45, 7) is 4.00. The van der Waals surface area contributed by atoms with Crippen molar-refractivity contribution in [2.45, 2.75) is 20.5 Å². The number of rotatable bonds is 7. The number of amides is 1. The van der Waals surface area contributed by atoms with Gasteiger partial charge in [0, 0.05) is 16.3 Å². The number of anilines is 1. The number of hydrogen-bond donors (Lipinski definition) is 2. The third-order valence-electron chi connectivity index (χ3n) is 5.08. The standard InChI is InChI=1S/C26H21ClN2O4/c1-16-4-3-5-23(17(16)2)29-25(30)21(14-28)12-20-13-22(27)10-11-24(20)33-15-18-6-8-19(9-7-18)26(31)32/h3-13H,15H2,1-2H3,(H,29,30)(H,31,32)/b21-12+. The molecule has 3 aromatic rings. The number of nitrogens with one attached hydrogen (secondary N) is 1. The molecule has 0 saturated carbocycles. The molecule has 3 rings (SSSR count). The van der Waals surface area contributed by atoms with Crippen molar-refractivity contribution in [1.29, 1.82) is 5.26 Å². The number of carbonyl (C=O) groups is 2. The molecule has 0 atom stereocenters. The molecule has 166 valence electrons. The summed E-state index contributed by atoms with van der Waals surface area (Å²) in [6, 6.07) is 18.7. The molecule has 2 N–H and O–H groups in total. The molecule has 7 heteroatoms. The van der Waals surface area contributed by atoms with E-state index in [-0.39, 0.29) is 17.7 Å². The summed E-state index contributed by atoms with van der Waals surface area (Å²) < 4.78 is 5.87. The van der Waals surface area contributed by atoms with Gasteiger partial charge in [-0.15, -0.1) is 0 Å². The number of aryl methyl sites for hydroxylation is 1. The fourth-order valence-corrected chi connectivity index (χ4v) is 3.23. The van der Waals surface area contributed by atoms with Gasteiger partial charge in [0.25, 0.3) is 5.91 Å². The summed E-state index contributed by atoms with van der Waals surface area (Å²) in [4.78, 5) is 23.7. The maximum atomic E-state index is 12.8. The number of halogens is 1. The number of carboxylic acid groups (broad SMARTS) is 1. The minimum absolute atomic E-state index is 0.103. The summed E-state index contributed by atoms with van der Waals surface area (Å²) in [6.07, 6.45) is 1.43. The molecule has 0 aromatic heterocycles. The molecule has 0 unspecified atom stereocenters. The van der Waals surface area contributed by atoms with Gasteiger partial charge in [-0.2, -0.15) is 5.26 Å². The molecule has 0 aliphatic heterocycles. The van der Waals surface area contributed by atoms with E-state index in [0.717, 1.165) is 16.7 Å². The number of aromatic carboxylic acids is 1. The second-order valence-corrected chi connectivity index (χ2v) is 7.78. The quantitative estimate of drug-likeness (QED) is 0.344. The number of carbonyl (C=O) groups excluding carboxylic acids is 1. The summed E-state index contributed by atoms with van der Waals surface area (Å²) in [5.74, 6) is -1.12. The predicted octanol–water partition coefficient (Wildman–Crippen LogP) is 5.78. The van der Waals surface area contributed by atoms with Crippen LogP contribution < -0.4 is 10.1 Å². The van der Waals surface area contributed by atoms with Crippen LogP contribution in [0.4, 0.5) is 5.69 Å². The first-order chi connectivity index (χ1) is 15.8. The molecule has 33 heavy (non-hydrogen) atoms. The van der Waals surface area contributed by atoms with Gasteiger partial charge in [-0.05, 0) is 73.0 Å². The summed E-state index contributed by atoms with van der Waals surface area (Å²) in [5, 5.41) is 21.8. The molecule has 0 heterocycles. The van der Waals surface area contributed by atoms with Gasteiger partial charge in [0.2, 0.25) is 0 Å². The lowest BCUT2D eigenvalue weighted by atomic mass is 10.1. The molecule has 0 saturated heterocycles. The van der Waals surface area contributed by atoms with Crippen LogP contribution in [0.3, 0.4) is 0 Å². The molecular weight excluding hydrogens is 440 g/mol. The van der Waals surface area contributed by atoms with Crippen LogP contribution in [-0.4, -0.2) is 17.0 Å². The molecule has 0 aliphatic rings. The Bertz CT molecular complexity index is 1270. The zero-order valence-electron chi connectivity index (χ0n) is 18.1. The van der Waals surface area contributed by atoms with Gasteiger partial charge in [-0.25, -0.2) is 4.79 Å². The van der Waals surface area contributed by atoms with E-state index in [4.69, 9.17) is 21.4 Å². The van der Waals surface area contributed by atoms with Crippen LogP contribution in [-0.2, 0) is 11.4 Å². The minimum atomic E-state index is -1.00. The number of nitrogens with zero attached hydrogens (tertiary/aromatic N) is 1. The van der Waals surface area contributed by atoms with Gasteiger partial charge >= 0.3 is 5.97 Å². The van der Waals surface area contributed by atoms with Crippen LogP contribution in [0, 0.1) is 25.2 Å². The first-order valence-corrected chi connectivity index (χ1v) is 10.4. The zero-order valence-corrected chi connectivity index (χ0v) is 18.8. The average molecular weight is 461 g/mol. The molecule has 3 aromatic carbocycles. The van der Waals surface area contributed by atoms with Crippen molar-refractivity contribution >= 4 is 35.2 Å². The second-order valence-electron chi connectivity index (χ2n) is 7.34. The van der Waals surface area contributed by atoms with Crippen molar-refractivity contribution < 1.29 is 19.4 Å². The van der Waals surface area contributed by atoms with Crippen molar-refractivity contribution in [3.63, 3.8) is 0 Å². The van der Waals surface area contributed by atoms with Gasteiger partial charge in [-0.1, -0.05) is 35.9 Å². The lowest BCUT2D eigenvalue weighted by Gasteiger charge is -2.12. The van der Waals surface area contributed by atoms with E-state index in [0.29, 0.717) is 22.0 Å². The summed E-state index contributed by atoms with van der Waals surface area (Å²) in [7, 11) is 0. The lowest BCUT2D eigenvalue weighted by Crippen LogP contribution is -2.14. The van der Waals surface area contributed by atoms with Crippen LogP contribution in [0.5, 0.6) is 5.75 Å². The van der Waals surface area contributed by atoms with Crippen molar-refractivity contribution in [3.8, 4) is 11.8 Å². The zero-order chi connectivity index (χ0) is 24.0. The highest BCUT2D eigenvalue weighted by Gasteiger charge is 2.14. The van der Waals surface area contributed by atoms with Gasteiger partial charge in [-0.3, -0.25) is 4.79 Å². The van der Waals surface area contributed by atoms with E-state index in [9.17, 15) is 14.9 Å². The van der Waals surface area contributed by atoms with E-state index in [1.165, 1.54) is 18.2 Å². The number of carboxylic acids is 1. The molecule has 1 amide bonds. The molecule has 0 aliphatic carbocycles. The molecule has 6 nitrogen and oxygen atoms in total. The lowest BCUT2D eigenvalue weighted by molar-refractivity contribution is -0.112. The van der Waals surface area contributed by atoms with E-state index < -0.39 is 11.9 Å². The molecule has 0 spiro atoms. The predicted molar refractivity (Wildman–Crippen MR) is 127 cm³/mol. The third-order valence-corrected chi connectivity index (χ3v) is 5.32. The molecule has 0 radical (unpaired) electrons. The molecule has 0 fully saturated rings. The normalized spacial score (nSPS) is 10.9. The van der Waals surface area contributed by atoms with E-state index in [2.05, 4.69) is 5.32 Å². The van der Waals surface area contributed by atoms with Crippen molar-refractivity contribution in [2.24, 2.45) is 0 Å². The van der Waals surface area contributed by atoms with Gasteiger partial charge in [0.15, 0.2) is 0 Å². The Morgan fingerprint density at radius 2 is 1.85 bits per heavy atom. The van der Waals surface area contributed by atoms with Crippen LogP contribution in [0.1, 0.15) is 32.6 Å². The average Bonchev–Trinajstić information content (AvgIpc) is 2.80. The maximum Gasteiger partial charge on any atom is 0.335 e. The number of nitriles is 1. The number of ether oxygens (including phenoxy) is 1. The van der Waals surface area contributed by atoms with Gasteiger partial charge in [0.1, 0.15) is 24.0 Å². The van der Waals surface area contributed by atoms with Crippen LogP contribution in [0.2, 0.25) is 5.02 Å². The largest absolute Gasteiger partial charge is 0.488 e. The summed E-state index contributed by atoms with van der Waals surface area (Å²) >= 11 is 6.13. The second kappa shape index (κ2) is 10.5. The fourth-order valence-electron chi connectivity index (χ4n) is 3.05. The Hall–Kier alpha value is -4.08. The van der Waals surface area contributed by atoms with Gasteiger partial charge < -0.3 is 15.2 Å².